The van der Waals surface area contributed by atoms with Crippen LogP contribution in [0.2, 0.25) is 5.02 Å². The molecule has 5 nitrogen and oxygen atoms in total. The molecule has 0 radical (unpaired) electrons. The van der Waals surface area contributed by atoms with E-state index in [4.69, 9.17) is 11.6 Å². The standard InChI is InChI=1S/C16H10BrClN2O3/c17-10-4-5-14(21)9(6-10)7-13-15(22)20(16(23)19-13)12-3-1-2-11(18)8-12/h1-8,21H,(H,19,23). The number of hydrogen-bond acceptors (Lipinski definition) is 3. The minimum atomic E-state index is -0.571. The van der Waals surface area contributed by atoms with Gasteiger partial charge in [-0.05, 0) is 42.5 Å². The molecule has 0 aromatic heterocycles. The van der Waals surface area contributed by atoms with Crippen molar-refractivity contribution in [3.63, 3.8) is 0 Å². The van der Waals surface area contributed by atoms with E-state index in [-0.39, 0.29) is 11.4 Å². The van der Waals surface area contributed by atoms with Gasteiger partial charge in [-0.25, -0.2) is 9.69 Å². The van der Waals surface area contributed by atoms with Crippen LogP contribution in [0, 0.1) is 0 Å². The number of phenols is 1. The molecular formula is C16H10BrClN2O3. The first-order valence-corrected chi connectivity index (χ1v) is 7.74. The van der Waals surface area contributed by atoms with Crippen LogP contribution in [0.3, 0.4) is 0 Å². The number of nitrogens with one attached hydrogen (secondary N) is 1. The Balaban J connectivity index is 1.98. The molecule has 7 heteroatoms. The number of rotatable bonds is 2. The number of carbonyl (C=O) groups is 2. The fraction of sp³-hybridized carbons (Fsp3) is 0. The SMILES string of the molecule is O=C1NC(=Cc2cc(Br)ccc2O)C(=O)N1c1cccc(Cl)c1. The summed E-state index contributed by atoms with van der Waals surface area (Å²) in [6.07, 6.45) is 1.42. The second-order valence-electron chi connectivity index (χ2n) is 4.81. The van der Waals surface area contributed by atoms with Gasteiger partial charge in [-0.3, -0.25) is 4.79 Å². The van der Waals surface area contributed by atoms with Crippen LogP contribution in [0.4, 0.5) is 10.5 Å². The lowest BCUT2D eigenvalue weighted by molar-refractivity contribution is -0.113. The van der Waals surface area contributed by atoms with Gasteiger partial charge in [0.2, 0.25) is 0 Å². The van der Waals surface area contributed by atoms with Crippen molar-refractivity contribution in [1.29, 1.82) is 0 Å². The molecule has 0 aliphatic carbocycles. The molecule has 1 saturated heterocycles. The number of hydrogen-bond donors (Lipinski definition) is 2. The molecule has 0 bridgehead atoms. The Labute approximate surface area is 145 Å². The molecule has 0 spiro atoms. The smallest absolute Gasteiger partial charge is 0.333 e. The third kappa shape index (κ3) is 3.09. The van der Waals surface area contributed by atoms with E-state index in [0.29, 0.717) is 16.3 Å². The van der Waals surface area contributed by atoms with Gasteiger partial charge in [-0.15, -0.1) is 0 Å². The van der Waals surface area contributed by atoms with Crippen molar-refractivity contribution < 1.29 is 14.7 Å². The number of imide groups is 1. The summed E-state index contributed by atoms with van der Waals surface area (Å²) in [5.74, 6) is -0.513. The van der Waals surface area contributed by atoms with Crippen LogP contribution >= 0.6 is 27.5 Å². The van der Waals surface area contributed by atoms with Gasteiger partial charge in [0, 0.05) is 15.1 Å². The molecule has 0 unspecified atom stereocenters. The van der Waals surface area contributed by atoms with E-state index in [1.807, 2.05) is 0 Å². The number of nitrogens with zero attached hydrogens (tertiary/aromatic N) is 1. The van der Waals surface area contributed by atoms with Crippen LogP contribution < -0.4 is 10.2 Å². The second-order valence-corrected chi connectivity index (χ2v) is 6.16. The third-order valence-corrected chi connectivity index (χ3v) is 3.96. The van der Waals surface area contributed by atoms with E-state index in [1.165, 1.54) is 18.2 Å². The number of phenolic OH excluding ortho intramolecular Hbond substituents is 1. The summed E-state index contributed by atoms with van der Waals surface area (Å²) in [6, 6.07) is 10.7. The van der Waals surface area contributed by atoms with Crippen molar-refractivity contribution >= 4 is 51.2 Å². The summed E-state index contributed by atoms with van der Waals surface area (Å²) in [6.45, 7) is 0. The molecule has 2 aromatic carbocycles. The van der Waals surface area contributed by atoms with E-state index < -0.39 is 11.9 Å². The van der Waals surface area contributed by atoms with E-state index in [0.717, 1.165) is 9.37 Å². The van der Waals surface area contributed by atoms with Gasteiger partial charge in [0.05, 0.1) is 5.69 Å². The monoisotopic (exact) mass is 392 g/mol. The number of amides is 3. The zero-order chi connectivity index (χ0) is 16.6. The summed E-state index contributed by atoms with van der Waals surface area (Å²) >= 11 is 9.19. The Morgan fingerprint density at radius 2 is 1.96 bits per heavy atom. The predicted octanol–water partition coefficient (Wildman–Crippen LogP) is 3.91. The lowest BCUT2D eigenvalue weighted by atomic mass is 10.1. The highest BCUT2D eigenvalue weighted by atomic mass is 79.9. The summed E-state index contributed by atoms with van der Waals surface area (Å²) in [4.78, 5) is 25.5. The van der Waals surface area contributed by atoms with Crippen LogP contribution in [0.15, 0.2) is 52.6 Å². The molecule has 1 fully saturated rings. The van der Waals surface area contributed by atoms with Crippen molar-refractivity contribution in [2.75, 3.05) is 4.90 Å². The second kappa shape index (κ2) is 6.06. The summed E-state index contributed by atoms with van der Waals surface area (Å²) in [5.41, 5.74) is 0.862. The van der Waals surface area contributed by atoms with Gasteiger partial charge < -0.3 is 10.4 Å². The molecule has 1 heterocycles. The van der Waals surface area contributed by atoms with Gasteiger partial charge in [0.25, 0.3) is 5.91 Å². The molecule has 3 rings (SSSR count). The van der Waals surface area contributed by atoms with Gasteiger partial charge in [0.1, 0.15) is 11.4 Å². The summed E-state index contributed by atoms with van der Waals surface area (Å²) in [7, 11) is 0. The van der Waals surface area contributed by atoms with Crippen LogP contribution in [0.5, 0.6) is 5.75 Å². The zero-order valence-corrected chi connectivity index (χ0v) is 13.9. The molecular weight excluding hydrogens is 384 g/mol. The minimum absolute atomic E-state index is 0.00366. The molecule has 2 aromatic rings. The fourth-order valence-electron chi connectivity index (χ4n) is 2.18. The van der Waals surface area contributed by atoms with Crippen molar-refractivity contribution in [2.45, 2.75) is 0 Å². The molecule has 3 amide bonds. The number of halogens is 2. The number of anilines is 1. The van der Waals surface area contributed by atoms with Crippen molar-refractivity contribution in [2.24, 2.45) is 0 Å². The van der Waals surface area contributed by atoms with E-state index in [9.17, 15) is 14.7 Å². The van der Waals surface area contributed by atoms with Crippen molar-refractivity contribution in [1.82, 2.24) is 5.32 Å². The maximum Gasteiger partial charge on any atom is 0.333 e. The molecule has 2 N–H and O–H groups in total. The van der Waals surface area contributed by atoms with Crippen LogP contribution in [0.25, 0.3) is 6.08 Å². The number of carbonyl (C=O) groups excluding carboxylic acids is 2. The summed E-state index contributed by atoms with van der Waals surface area (Å²) < 4.78 is 0.741. The fourth-order valence-corrected chi connectivity index (χ4v) is 2.74. The van der Waals surface area contributed by atoms with Crippen molar-refractivity contribution in [3.05, 3.63) is 63.2 Å². The van der Waals surface area contributed by atoms with Gasteiger partial charge >= 0.3 is 6.03 Å². The maximum atomic E-state index is 12.5. The summed E-state index contributed by atoms with van der Waals surface area (Å²) in [5, 5.41) is 12.8. The quantitative estimate of drug-likeness (QED) is 0.600. The van der Waals surface area contributed by atoms with Gasteiger partial charge in [0.15, 0.2) is 0 Å². The Morgan fingerprint density at radius 1 is 1.17 bits per heavy atom. The number of urea groups is 1. The van der Waals surface area contributed by atoms with Crippen LogP contribution in [-0.2, 0) is 4.79 Å². The van der Waals surface area contributed by atoms with Crippen molar-refractivity contribution in [3.8, 4) is 5.75 Å². The highest BCUT2D eigenvalue weighted by Gasteiger charge is 2.35. The average molecular weight is 394 g/mol. The molecule has 23 heavy (non-hydrogen) atoms. The number of aromatic hydroxyl groups is 1. The topological polar surface area (TPSA) is 69.6 Å². The first kappa shape index (κ1) is 15.6. The van der Waals surface area contributed by atoms with E-state index in [1.54, 1.807) is 30.3 Å². The van der Waals surface area contributed by atoms with Crippen LogP contribution in [0.1, 0.15) is 5.56 Å². The molecule has 1 aliphatic heterocycles. The zero-order valence-electron chi connectivity index (χ0n) is 11.6. The Morgan fingerprint density at radius 3 is 2.70 bits per heavy atom. The van der Waals surface area contributed by atoms with E-state index in [2.05, 4.69) is 21.2 Å². The molecule has 1 aliphatic rings. The Hall–Kier alpha value is -2.31. The highest BCUT2D eigenvalue weighted by molar-refractivity contribution is 9.10. The number of benzene rings is 2. The molecule has 116 valence electrons. The third-order valence-electron chi connectivity index (χ3n) is 3.23. The maximum absolute atomic E-state index is 12.5. The Bertz CT molecular complexity index is 851. The van der Waals surface area contributed by atoms with Gasteiger partial charge in [-0.1, -0.05) is 33.6 Å². The largest absolute Gasteiger partial charge is 0.507 e. The predicted molar refractivity (Wildman–Crippen MR) is 91.3 cm³/mol. The lowest BCUT2D eigenvalue weighted by Gasteiger charge is -2.11. The lowest BCUT2D eigenvalue weighted by Crippen LogP contribution is -2.30. The first-order valence-electron chi connectivity index (χ1n) is 6.57. The Kier molecular flexibility index (Phi) is 4.11. The average Bonchev–Trinajstić information content (AvgIpc) is 2.77. The molecule has 0 saturated carbocycles. The van der Waals surface area contributed by atoms with Gasteiger partial charge in [-0.2, -0.15) is 0 Å². The van der Waals surface area contributed by atoms with E-state index >= 15 is 0 Å². The van der Waals surface area contributed by atoms with Crippen LogP contribution in [-0.4, -0.2) is 17.0 Å². The minimum Gasteiger partial charge on any atom is -0.507 e. The highest BCUT2D eigenvalue weighted by Crippen LogP contribution is 2.28. The first-order chi connectivity index (χ1) is 11.0. The molecule has 0 atom stereocenters. The normalized spacial score (nSPS) is 16.1.